The molecule has 5 aromatic rings. The fraction of sp³-hybridized carbons (Fsp3) is 0.243. The van der Waals surface area contributed by atoms with Crippen LogP contribution in [0.4, 0.5) is 32.3 Å². The van der Waals surface area contributed by atoms with Crippen molar-refractivity contribution >= 4 is 28.9 Å². The fourth-order valence-electron chi connectivity index (χ4n) is 5.50. The van der Waals surface area contributed by atoms with E-state index >= 15 is 0 Å². The number of rotatable bonds is 10. The summed E-state index contributed by atoms with van der Waals surface area (Å²) in [6.07, 6.45) is -5.34. The Bertz CT molecular complexity index is 2030. The summed E-state index contributed by atoms with van der Waals surface area (Å²) in [6.45, 7) is 5.42. The highest BCUT2D eigenvalue weighted by Gasteiger charge is 2.37. The minimum atomic E-state index is -5.04. The van der Waals surface area contributed by atoms with Gasteiger partial charge in [0, 0.05) is 48.1 Å². The molecule has 7 nitrogen and oxygen atoms in total. The number of aliphatic carboxylic acids is 1. The van der Waals surface area contributed by atoms with Crippen LogP contribution in [0.25, 0.3) is 28.2 Å². The second-order valence-electron chi connectivity index (χ2n) is 12.0. The van der Waals surface area contributed by atoms with Gasteiger partial charge < -0.3 is 14.7 Å². The Morgan fingerprint density at radius 2 is 1.58 bits per heavy atom. The summed E-state index contributed by atoms with van der Waals surface area (Å²) in [7, 11) is 1.52. The number of hydrogen-bond donors (Lipinski definition) is 1. The van der Waals surface area contributed by atoms with Gasteiger partial charge in [0.1, 0.15) is 5.75 Å². The first-order valence-corrected chi connectivity index (χ1v) is 15.4. The number of aromatic nitrogens is 3. The van der Waals surface area contributed by atoms with Crippen molar-refractivity contribution in [2.75, 3.05) is 12.0 Å². The third-order valence-corrected chi connectivity index (χ3v) is 8.01. The molecule has 2 heterocycles. The standard InChI is InChI=1S/C37H32F6N4O3/c1-21(2)25-9-10-31(50-4)30(15-25)34-27(14-26-7-5-6-22(3)33(26)46-34)20-47(35-44-17-23(18-45-35)8-11-32(48)49)19-24-12-28(36(38,39)40)16-29(13-24)37(41,42)43/h5-18,21H,19-20H2,1-4H3,(H,48,49). The Morgan fingerprint density at radius 1 is 0.920 bits per heavy atom. The topological polar surface area (TPSA) is 88.4 Å². The highest BCUT2D eigenvalue weighted by Crippen LogP contribution is 2.39. The molecule has 0 saturated carbocycles. The number of para-hydroxylation sites is 1. The molecular weight excluding hydrogens is 662 g/mol. The van der Waals surface area contributed by atoms with Gasteiger partial charge >= 0.3 is 18.3 Å². The van der Waals surface area contributed by atoms with Crippen LogP contribution in [-0.4, -0.2) is 33.1 Å². The van der Waals surface area contributed by atoms with Gasteiger partial charge in [-0.15, -0.1) is 0 Å². The number of fused-ring (bicyclic) bond motifs is 1. The zero-order chi connectivity index (χ0) is 36.4. The zero-order valence-corrected chi connectivity index (χ0v) is 27.4. The number of hydrogen-bond acceptors (Lipinski definition) is 6. The lowest BCUT2D eigenvalue weighted by Crippen LogP contribution is -2.25. The summed E-state index contributed by atoms with van der Waals surface area (Å²) in [5.41, 5.74) is 1.44. The first kappa shape index (κ1) is 35.8. The molecule has 0 fully saturated rings. The van der Waals surface area contributed by atoms with Crippen LogP contribution in [0.5, 0.6) is 5.75 Å². The fourth-order valence-corrected chi connectivity index (χ4v) is 5.50. The highest BCUT2D eigenvalue weighted by atomic mass is 19.4. The lowest BCUT2D eigenvalue weighted by molar-refractivity contribution is -0.143. The van der Waals surface area contributed by atoms with Gasteiger partial charge in [-0.3, -0.25) is 0 Å². The Hall–Kier alpha value is -5.46. The van der Waals surface area contributed by atoms with Crippen molar-refractivity contribution in [2.24, 2.45) is 0 Å². The average molecular weight is 695 g/mol. The molecule has 260 valence electrons. The van der Waals surface area contributed by atoms with Gasteiger partial charge in [0.15, 0.2) is 0 Å². The van der Waals surface area contributed by atoms with E-state index in [1.54, 1.807) is 0 Å². The minimum Gasteiger partial charge on any atom is -0.496 e. The Morgan fingerprint density at radius 3 is 2.16 bits per heavy atom. The number of anilines is 1. The van der Waals surface area contributed by atoms with Gasteiger partial charge in [0.05, 0.1) is 29.4 Å². The van der Waals surface area contributed by atoms with Crippen LogP contribution in [-0.2, 0) is 30.2 Å². The van der Waals surface area contributed by atoms with Crippen LogP contribution < -0.4 is 9.64 Å². The SMILES string of the molecule is COc1ccc(C(C)C)cc1-c1nc2c(C)cccc2cc1CN(Cc1cc(C(F)(F)F)cc(C(F)(F)F)c1)c1ncc(C=CC(=O)O)cn1. The predicted molar refractivity (Wildman–Crippen MR) is 178 cm³/mol. The molecule has 1 N–H and O–H groups in total. The number of ether oxygens (including phenoxy) is 1. The monoisotopic (exact) mass is 694 g/mol. The van der Waals surface area contributed by atoms with Gasteiger partial charge in [-0.05, 0) is 77.6 Å². The second-order valence-corrected chi connectivity index (χ2v) is 12.0. The summed E-state index contributed by atoms with van der Waals surface area (Å²) in [5.74, 6) is -0.570. The van der Waals surface area contributed by atoms with E-state index in [2.05, 4.69) is 9.97 Å². The largest absolute Gasteiger partial charge is 0.496 e. The summed E-state index contributed by atoms with van der Waals surface area (Å²) >= 11 is 0. The molecule has 0 aliphatic carbocycles. The summed E-state index contributed by atoms with van der Waals surface area (Å²) in [5, 5.41) is 9.75. The van der Waals surface area contributed by atoms with Crippen molar-refractivity contribution < 1.29 is 41.0 Å². The number of aryl methyl sites for hydroxylation is 1. The summed E-state index contributed by atoms with van der Waals surface area (Å²) < 4.78 is 88.7. The molecule has 3 aromatic carbocycles. The molecule has 0 spiro atoms. The number of pyridine rings is 1. The third kappa shape index (κ3) is 8.21. The molecule has 5 rings (SSSR count). The van der Waals surface area contributed by atoms with Gasteiger partial charge in [-0.1, -0.05) is 38.1 Å². The third-order valence-electron chi connectivity index (χ3n) is 8.01. The van der Waals surface area contributed by atoms with E-state index < -0.39 is 36.0 Å². The molecule has 0 bridgehead atoms. The smallest absolute Gasteiger partial charge is 0.416 e. The lowest BCUT2D eigenvalue weighted by Gasteiger charge is -2.26. The molecule has 0 atom stereocenters. The van der Waals surface area contributed by atoms with Crippen LogP contribution in [0.3, 0.4) is 0 Å². The predicted octanol–water partition coefficient (Wildman–Crippen LogP) is 9.47. The van der Waals surface area contributed by atoms with E-state index in [1.165, 1.54) is 30.5 Å². The molecule has 0 aliphatic heterocycles. The van der Waals surface area contributed by atoms with Crippen molar-refractivity contribution in [3.63, 3.8) is 0 Å². The van der Waals surface area contributed by atoms with E-state index in [4.69, 9.17) is 14.8 Å². The molecule has 0 unspecified atom stereocenters. The van der Waals surface area contributed by atoms with Gasteiger partial charge in [0.25, 0.3) is 0 Å². The number of carbonyl (C=O) groups is 1. The van der Waals surface area contributed by atoms with Crippen LogP contribution in [0.2, 0.25) is 0 Å². The Balaban J connectivity index is 1.71. The maximum absolute atomic E-state index is 13.8. The van der Waals surface area contributed by atoms with Crippen molar-refractivity contribution in [1.29, 1.82) is 0 Å². The number of carboxylic acids is 1. The number of nitrogens with zero attached hydrogens (tertiary/aromatic N) is 4. The molecular formula is C37H32F6N4O3. The molecule has 2 aromatic heterocycles. The quantitative estimate of drug-likeness (QED) is 0.115. The Kier molecular flexibility index (Phi) is 10.2. The van der Waals surface area contributed by atoms with E-state index in [1.807, 2.05) is 63.2 Å². The van der Waals surface area contributed by atoms with Gasteiger partial charge in [-0.25, -0.2) is 19.7 Å². The van der Waals surface area contributed by atoms with E-state index in [0.29, 0.717) is 45.8 Å². The van der Waals surface area contributed by atoms with E-state index in [0.717, 1.165) is 22.6 Å². The molecule has 0 radical (unpaired) electrons. The zero-order valence-electron chi connectivity index (χ0n) is 27.4. The van der Waals surface area contributed by atoms with E-state index in [9.17, 15) is 31.1 Å². The normalized spacial score (nSPS) is 12.2. The molecule has 0 aliphatic rings. The lowest BCUT2D eigenvalue weighted by atomic mass is 9.95. The number of halogens is 6. The Labute approximate surface area is 283 Å². The van der Waals surface area contributed by atoms with Crippen LogP contribution in [0.15, 0.2) is 79.1 Å². The molecule has 0 amide bonds. The maximum atomic E-state index is 13.8. The summed E-state index contributed by atoms with van der Waals surface area (Å²) in [4.78, 5) is 26.1. The van der Waals surface area contributed by atoms with Crippen LogP contribution >= 0.6 is 0 Å². The first-order valence-electron chi connectivity index (χ1n) is 15.4. The number of carboxylic acid groups (broad SMARTS) is 1. The summed E-state index contributed by atoms with van der Waals surface area (Å²) in [6, 6.07) is 14.6. The maximum Gasteiger partial charge on any atom is 0.416 e. The van der Waals surface area contributed by atoms with Crippen LogP contribution in [0.1, 0.15) is 58.7 Å². The number of benzene rings is 3. The van der Waals surface area contributed by atoms with E-state index in [-0.39, 0.29) is 30.0 Å². The average Bonchev–Trinajstić information content (AvgIpc) is 3.06. The number of alkyl halides is 6. The molecule has 50 heavy (non-hydrogen) atoms. The molecule has 0 saturated heterocycles. The highest BCUT2D eigenvalue weighted by molar-refractivity contribution is 5.87. The van der Waals surface area contributed by atoms with Crippen molar-refractivity contribution in [2.45, 2.75) is 52.1 Å². The second kappa shape index (κ2) is 14.2. The molecule has 13 heteroatoms. The van der Waals surface area contributed by atoms with Crippen molar-refractivity contribution in [1.82, 2.24) is 15.0 Å². The van der Waals surface area contributed by atoms with Crippen LogP contribution in [0, 0.1) is 6.92 Å². The van der Waals surface area contributed by atoms with Crippen molar-refractivity contribution in [3.8, 4) is 17.0 Å². The van der Waals surface area contributed by atoms with Crippen molar-refractivity contribution in [3.05, 3.63) is 118 Å². The minimum absolute atomic E-state index is 0.0263. The number of methoxy groups -OCH3 is 1. The van der Waals surface area contributed by atoms with Gasteiger partial charge in [-0.2, -0.15) is 26.3 Å². The first-order chi connectivity index (χ1) is 23.5. The van der Waals surface area contributed by atoms with Gasteiger partial charge in [0.2, 0.25) is 5.95 Å².